The molecular formula is C5H8N5W-. The zero-order valence-corrected chi connectivity index (χ0v) is 9.18. The van der Waals surface area contributed by atoms with Gasteiger partial charge in [0.2, 0.25) is 0 Å². The Balaban J connectivity index is 0.000001000. The van der Waals surface area contributed by atoms with Crippen molar-refractivity contribution in [2.45, 2.75) is 0 Å². The van der Waals surface area contributed by atoms with Crippen molar-refractivity contribution in [2.75, 3.05) is 19.4 Å². The number of H-pyrrole nitrogens is 1. The molecule has 0 saturated heterocycles. The van der Waals surface area contributed by atoms with Gasteiger partial charge in [0.1, 0.15) is 5.62 Å². The van der Waals surface area contributed by atoms with E-state index in [2.05, 4.69) is 31.6 Å². The normalized spacial score (nSPS) is 10.5. The second-order valence-corrected chi connectivity index (χ2v) is 1.59. The van der Waals surface area contributed by atoms with E-state index in [-0.39, 0.29) is 21.1 Å². The van der Waals surface area contributed by atoms with Gasteiger partial charge in [-0.3, -0.25) is 0 Å². The number of anilines is 1. The van der Waals surface area contributed by atoms with E-state index < -0.39 is 0 Å². The maximum atomic E-state index is 3.80. The fourth-order valence-electron chi connectivity index (χ4n) is 0.508. The van der Waals surface area contributed by atoms with Gasteiger partial charge in [-0.15, -0.1) is 0 Å². The van der Waals surface area contributed by atoms with Gasteiger partial charge >= 0.3 is 0 Å². The van der Waals surface area contributed by atoms with Gasteiger partial charge in [0.25, 0.3) is 0 Å². The van der Waals surface area contributed by atoms with Gasteiger partial charge in [0.05, 0.1) is 5.95 Å². The molecule has 0 spiro atoms. The first-order valence-electron chi connectivity index (χ1n) is 2.82. The monoisotopic (exact) mass is 322 g/mol. The van der Waals surface area contributed by atoms with Crippen LogP contribution in [0, 0.1) is 6.33 Å². The summed E-state index contributed by atoms with van der Waals surface area (Å²) in [6, 6.07) is 0. The number of nitrogens with one attached hydrogen (secondary N) is 2. The van der Waals surface area contributed by atoms with E-state index >= 15 is 0 Å². The maximum Gasteiger partial charge on any atom is 0.110 e. The van der Waals surface area contributed by atoms with E-state index in [1.807, 2.05) is 0 Å². The minimum absolute atomic E-state index is 0. The van der Waals surface area contributed by atoms with Crippen LogP contribution in [0.15, 0.2) is 4.99 Å². The molecule has 1 aromatic rings. The van der Waals surface area contributed by atoms with Crippen molar-refractivity contribution in [1.29, 1.82) is 0 Å². The Morgan fingerprint density at radius 3 is 2.82 bits per heavy atom. The van der Waals surface area contributed by atoms with Crippen LogP contribution in [0.3, 0.4) is 0 Å². The molecule has 0 atom stereocenters. The van der Waals surface area contributed by atoms with E-state index in [1.54, 1.807) is 14.1 Å². The summed E-state index contributed by atoms with van der Waals surface area (Å²) in [5.74, 6) is 0.607. The van der Waals surface area contributed by atoms with Crippen molar-refractivity contribution < 1.29 is 21.1 Å². The summed E-state index contributed by atoms with van der Waals surface area (Å²) in [4.78, 5) is 14.1. The second-order valence-electron chi connectivity index (χ2n) is 1.59. The van der Waals surface area contributed by atoms with Crippen LogP contribution in [0.1, 0.15) is 0 Å². The maximum absolute atomic E-state index is 3.80. The largest absolute Gasteiger partial charge is 0.411 e. The molecule has 0 aromatic carbocycles. The number of hydrogen-bond donors (Lipinski definition) is 2. The second kappa shape index (κ2) is 5.02. The molecule has 1 heterocycles. The van der Waals surface area contributed by atoms with Crippen molar-refractivity contribution >= 4 is 5.95 Å². The van der Waals surface area contributed by atoms with Gasteiger partial charge in [0.15, 0.2) is 0 Å². The topological polar surface area (TPSA) is 66.0 Å². The molecule has 0 saturated carbocycles. The number of nitrogens with zero attached hydrogens (tertiary/aromatic N) is 3. The Labute approximate surface area is 78.7 Å². The molecule has 0 radical (unpaired) electrons. The van der Waals surface area contributed by atoms with Crippen LogP contribution in [-0.2, 0) is 21.1 Å². The Bertz CT molecular complexity index is 268. The number of rotatable bonds is 1. The third kappa shape index (κ3) is 2.80. The minimum atomic E-state index is 0. The van der Waals surface area contributed by atoms with Gasteiger partial charge in [-0.2, -0.15) is 0 Å². The summed E-state index contributed by atoms with van der Waals surface area (Å²) >= 11 is 0. The molecule has 0 aliphatic carbocycles. The molecule has 0 fully saturated rings. The first kappa shape index (κ1) is 10.3. The van der Waals surface area contributed by atoms with Crippen molar-refractivity contribution in [3.05, 3.63) is 11.9 Å². The molecule has 2 N–H and O–H groups in total. The van der Waals surface area contributed by atoms with Crippen LogP contribution < -0.4 is 10.9 Å². The van der Waals surface area contributed by atoms with Gasteiger partial charge in [-0.05, 0) is 7.05 Å². The van der Waals surface area contributed by atoms with E-state index in [0.717, 1.165) is 0 Å². The van der Waals surface area contributed by atoms with Crippen LogP contribution in [0.5, 0.6) is 0 Å². The molecular weight excluding hydrogens is 314 g/mol. The van der Waals surface area contributed by atoms with Gasteiger partial charge < -0.3 is 25.3 Å². The first-order chi connectivity index (χ1) is 4.86. The van der Waals surface area contributed by atoms with Crippen LogP contribution >= 0.6 is 0 Å². The average molecular weight is 322 g/mol. The molecule has 0 amide bonds. The van der Waals surface area contributed by atoms with Crippen molar-refractivity contribution in [3.63, 3.8) is 0 Å². The quantitative estimate of drug-likeness (QED) is 0.664. The molecule has 0 bridgehead atoms. The third-order valence-electron chi connectivity index (χ3n) is 0.997. The summed E-state index contributed by atoms with van der Waals surface area (Å²) in [7, 11) is 3.40. The zero-order valence-electron chi connectivity index (χ0n) is 6.25. The molecule has 0 aliphatic rings. The fourth-order valence-corrected chi connectivity index (χ4v) is 0.508. The SMILES string of the molecule is CN=c1n[c-]nc(NC)[nH]1.[W]. The van der Waals surface area contributed by atoms with Crippen LogP contribution in [0.4, 0.5) is 5.95 Å². The Morgan fingerprint density at radius 2 is 2.27 bits per heavy atom. The molecule has 60 valence electrons. The van der Waals surface area contributed by atoms with Crippen LogP contribution in [0.2, 0.25) is 0 Å². The molecule has 0 aliphatic heterocycles. The standard InChI is InChI=1S/C5H8N5.W/c1-6-4-8-3-9-5(7-2)10-4;/h1-2H3,(H2,6,7,8,9,10);/q-1;. The van der Waals surface area contributed by atoms with Crippen LogP contribution in [-0.4, -0.2) is 29.0 Å². The summed E-state index contributed by atoms with van der Waals surface area (Å²) in [5, 5.41) is 2.80. The summed E-state index contributed by atoms with van der Waals surface area (Å²) in [6.07, 6.45) is 2.44. The molecule has 0 unspecified atom stereocenters. The van der Waals surface area contributed by atoms with Crippen LogP contribution in [0.25, 0.3) is 0 Å². The van der Waals surface area contributed by atoms with Crippen molar-refractivity contribution in [1.82, 2.24) is 15.0 Å². The Morgan fingerprint density at radius 1 is 1.55 bits per heavy atom. The molecule has 11 heavy (non-hydrogen) atoms. The summed E-state index contributed by atoms with van der Waals surface area (Å²) in [6.45, 7) is 0. The predicted molar refractivity (Wildman–Crippen MR) is 36.3 cm³/mol. The smallest absolute Gasteiger partial charge is 0.110 e. The Kier molecular flexibility index (Phi) is 4.70. The van der Waals surface area contributed by atoms with Gasteiger partial charge in [0, 0.05) is 34.4 Å². The van der Waals surface area contributed by atoms with Crippen molar-refractivity contribution in [3.8, 4) is 0 Å². The average Bonchev–Trinajstić information content (AvgIpc) is 2.05. The van der Waals surface area contributed by atoms with E-state index in [4.69, 9.17) is 0 Å². The zero-order chi connectivity index (χ0) is 7.40. The minimum Gasteiger partial charge on any atom is -0.411 e. The fraction of sp³-hybridized carbons (Fsp3) is 0.400. The Hall–Kier alpha value is -0.702. The molecule has 1 rings (SSSR count). The van der Waals surface area contributed by atoms with E-state index in [9.17, 15) is 0 Å². The van der Waals surface area contributed by atoms with Crippen molar-refractivity contribution in [2.24, 2.45) is 4.99 Å². The first-order valence-corrected chi connectivity index (χ1v) is 2.82. The molecule has 1 aromatic heterocycles. The van der Waals surface area contributed by atoms with E-state index in [1.165, 1.54) is 0 Å². The number of aromatic amines is 1. The number of aromatic nitrogens is 3. The predicted octanol–water partition coefficient (Wildman–Crippen LogP) is -0.825. The molecule has 6 heteroatoms. The van der Waals surface area contributed by atoms with Gasteiger partial charge in [-0.25, -0.2) is 0 Å². The summed E-state index contributed by atoms with van der Waals surface area (Å²) in [5.41, 5.74) is 0.513. The molecule has 5 nitrogen and oxygen atoms in total. The number of hydrogen-bond acceptors (Lipinski definition) is 4. The van der Waals surface area contributed by atoms with Gasteiger partial charge in [-0.1, -0.05) is 0 Å². The van der Waals surface area contributed by atoms with E-state index in [0.29, 0.717) is 11.6 Å². The third-order valence-corrected chi connectivity index (χ3v) is 0.997. The summed E-state index contributed by atoms with van der Waals surface area (Å²) < 4.78 is 0.